The van der Waals surface area contributed by atoms with Gasteiger partial charge in [0.2, 0.25) is 0 Å². The number of nitrogens with one attached hydrogen (secondary N) is 2. The summed E-state index contributed by atoms with van der Waals surface area (Å²) in [7, 11) is 0. The van der Waals surface area contributed by atoms with Gasteiger partial charge in [-0.3, -0.25) is 25.2 Å². The predicted molar refractivity (Wildman–Crippen MR) is 74.3 cm³/mol. The van der Waals surface area contributed by atoms with E-state index in [1.54, 1.807) is 6.07 Å². The lowest BCUT2D eigenvalue weighted by Crippen LogP contribution is -2.57. The van der Waals surface area contributed by atoms with E-state index in [-0.39, 0.29) is 11.7 Å². The third kappa shape index (κ3) is 1.59. The molecule has 22 heavy (non-hydrogen) atoms. The van der Waals surface area contributed by atoms with Gasteiger partial charge in [-0.2, -0.15) is 0 Å². The van der Waals surface area contributed by atoms with Crippen LogP contribution in [0.2, 0.25) is 0 Å². The fourth-order valence-corrected chi connectivity index (χ4v) is 3.43. The highest BCUT2D eigenvalue weighted by molar-refractivity contribution is 5.98. The summed E-state index contributed by atoms with van der Waals surface area (Å²) < 4.78 is 10.4. The monoisotopic (exact) mass is 306 g/mol. The lowest BCUT2D eigenvalue weighted by Gasteiger charge is -2.35. The zero-order valence-corrected chi connectivity index (χ0v) is 12.7. The number of ether oxygens (including phenoxy) is 1. The number of amides is 2. The second-order valence-corrected chi connectivity index (χ2v) is 6.56. The molecule has 7 heteroatoms. The fraction of sp³-hybridized carbons (Fsp3) is 0.533. The molecule has 2 atom stereocenters. The number of carbonyl (C=O) groups excluding carboxylic acids is 3. The van der Waals surface area contributed by atoms with Gasteiger partial charge in [-0.1, -0.05) is 13.8 Å². The lowest BCUT2D eigenvalue weighted by atomic mass is 9.66. The molecule has 0 spiro atoms. The molecule has 1 saturated carbocycles. The summed E-state index contributed by atoms with van der Waals surface area (Å²) in [6.45, 7) is 5.51. The largest absolute Gasteiger partial charge is 0.459 e. The Balaban J connectivity index is 1.76. The van der Waals surface area contributed by atoms with Gasteiger partial charge < -0.3 is 9.15 Å². The maximum atomic E-state index is 12.6. The highest BCUT2D eigenvalue weighted by Crippen LogP contribution is 2.65. The van der Waals surface area contributed by atoms with Gasteiger partial charge in [0.05, 0.1) is 11.7 Å². The first-order chi connectivity index (χ1) is 10.2. The molecule has 0 aromatic carbocycles. The van der Waals surface area contributed by atoms with Crippen molar-refractivity contribution in [1.29, 1.82) is 0 Å². The van der Waals surface area contributed by atoms with Crippen LogP contribution in [0.25, 0.3) is 0 Å². The van der Waals surface area contributed by atoms with Gasteiger partial charge >= 0.3 is 11.9 Å². The number of rotatable bonds is 2. The maximum absolute atomic E-state index is 12.6. The molecule has 1 aliphatic heterocycles. The summed E-state index contributed by atoms with van der Waals surface area (Å²) in [5.74, 6) is -1.38. The molecule has 0 radical (unpaired) electrons. The van der Waals surface area contributed by atoms with E-state index >= 15 is 0 Å². The minimum absolute atomic E-state index is 0.0803. The first-order valence-corrected chi connectivity index (χ1v) is 7.12. The molecule has 2 heterocycles. The van der Waals surface area contributed by atoms with Crippen LogP contribution in [0.4, 0.5) is 0 Å². The Morgan fingerprint density at radius 3 is 2.41 bits per heavy atom. The van der Waals surface area contributed by atoms with Gasteiger partial charge in [0.25, 0.3) is 5.91 Å². The van der Waals surface area contributed by atoms with E-state index in [9.17, 15) is 14.4 Å². The molecule has 118 valence electrons. The molecular weight excluding hydrogens is 288 g/mol. The van der Waals surface area contributed by atoms with Crippen LogP contribution in [0.15, 0.2) is 22.8 Å². The van der Waals surface area contributed by atoms with Crippen molar-refractivity contribution in [3.63, 3.8) is 0 Å². The minimum Gasteiger partial charge on any atom is -0.459 e. The molecule has 1 aliphatic carbocycles. The Morgan fingerprint density at radius 2 is 1.91 bits per heavy atom. The average molecular weight is 306 g/mol. The summed E-state index contributed by atoms with van der Waals surface area (Å²) in [4.78, 5) is 36.5. The Kier molecular flexibility index (Phi) is 2.89. The van der Waals surface area contributed by atoms with Gasteiger partial charge in [0.1, 0.15) is 0 Å². The van der Waals surface area contributed by atoms with Crippen molar-refractivity contribution in [2.24, 2.45) is 10.8 Å². The fourth-order valence-electron chi connectivity index (χ4n) is 3.43. The van der Waals surface area contributed by atoms with Crippen LogP contribution in [-0.2, 0) is 14.3 Å². The molecule has 7 nitrogen and oxygen atoms in total. The van der Waals surface area contributed by atoms with E-state index in [0.717, 1.165) is 0 Å². The van der Waals surface area contributed by atoms with Gasteiger partial charge in [-0.15, -0.1) is 0 Å². The normalized spacial score (nSPS) is 31.7. The van der Waals surface area contributed by atoms with E-state index in [4.69, 9.17) is 9.15 Å². The summed E-state index contributed by atoms with van der Waals surface area (Å²) in [6, 6.07) is 3.05. The zero-order valence-electron chi connectivity index (χ0n) is 12.7. The number of hydrogen-bond donors (Lipinski definition) is 2. The van der Waals surface area contributed by atoms with Gasteiger partial charge in [-0.25, -0.2) is 0 Å². The van der Waals surface area contributed by atoms with Crippen molar-refractivity contribution in [1.82, 2.24) is 10.9 Å². The molecule has 2 fully saturated rings. The average Bonchev–Trinajstić information content (AvgIpc) is 3.10. The molecule has 2 aliphatic rings. The standard InChI is InChI=1S/C15H18N2O5/c1-13(2)14(3)6-7-15(13,22-12(14)20)11(19)17-16-10(18)9-5-4-8-21-9/h4-5,8H,6-7H2,1-3H3,(H,16,18)(H,17,19)/t14-,15+/m1/s1. The lowest BCUT2D eigenvalue weighted by molar-refractivity contribution is -0.168. The number of fused-ring (bicyclic) bond motifs is 2. The second kappa shape index (κ2) is 4.34. The van der Waals surface area contributed by atoms with E-state index in [2.05, 4.69) is 10.9 Å². The highest BCUT2D eigenvalue weighted by Gasteiger charge is 2.75. The van der Waals surface area contributed by atoms with Crippen molar-refractivity contribution in [3.8, 4) is 0 Å². The first-order valence-electron chi connectivity index (χ1n) is 7.12. The summed E-state index contributed by atoms with van der Waals surface area (Å²) in [5, 5.41) is 0. The Bertz CT molecular complexity index is 651. The molecule has 2 bridgehead atoms. The smallest absolute Gasteiger partial charge is 0.313 e. The molecular formula is C15H18N2O5. The van der Waals surface area contributed by atoms with E-state index in [1.165, 1.54) is 12.3 Å². The molecule has 3 rings (SSSR count). The highest BCUT2D eigenvalue weighted by atomic mass is 16.6. The van der Waals surface area contributed by atoms with Gasteiger partial charge in [0, 0.05) is 5.41 Å². The van der Waals surface area contributed by atoms with Gasteiger partial charge in [0.15, 0.2) is 11.4 Å². The van der Waals surface area contributed by atoms with Crippen LogP contribution in [0.3, 0.4) is 0 Å². The summed E-state index contributed by atoms with van der Waals surface area (Å²) in [5.41, 5.74) is 2.03. The van der Waals surface area contributed by atoms with Crippen LogP contribution in [0.1, 0.15) is 44.2 Å². The van der Waals surface area contributed by atoms with E-state index in [0.29, 0.717) is 12.8 Å². The summed E-state index contributed by atoms with van der Waals surface area (Å²) in [6.07, 6.45) is 2.38. The van der Waals surface area contributed by atoms with Crippen molar-refractivity contribution < 1.29 is 23.5 Å². The molecule has 1 saturated heterocycles. The maximum Gasteiger partial charge on any atom is 0.313 e. The van der Waals surface area contributed by atoms with Gasteiger partial charge in [-0.05, 0) is 31.9 Å². The van der Waals surface area contributed by atoms with Crippen LogP contribution >= 0.6 is 0 Å². The Labute approximate surface area is 127 Å². The third-order valence-corrected chi connectivity index (χ3v) is 5.48. The number of furan rings is 1. The van der Waals surface area contributed by atoms with Crippen LogP contribution in [-0.4, -0.2) is 23.4 Å². The molecule has 2 amide bonds. The predicted octanol–water partition coefficient (Wildman–Crippen LogP) is 1.16. The van der Waals surface area contributed by atoms with Crippen LogP contribution in [0, 0.1) is 10.8 Å². The molecule has 2 N–H and O–H groups in total. The topological polar surface area (TPSA) is 97.6 Å². The first kappa shape index (κ1) is 14.6. The third-order valence-electron chi connectivity index (χ3n) is 5.48. The SMILES string of the molecule is CC1(C)[C@@]2(C(=O)NNC(=O)c3ccco3)CC[C@]1(C)C(=O)O2. The van der Waals surface area contributed by atoms with Crippen LogP contribution < -0.4 is 10.9 Å². The number of carbonyl (C=O) groups is 3. The molecule has 1 aromatic heterocycles. The number of hydrazine groups is 1. The van der Waals surface area contributed by atoms with E-state index < -0.39 is 28.2 Å². The van der Waals surface area contributed by atoms with Crippen LogP contribution in [0.5, 0.6) is 0 Å². The van der Waals surface area contributed by atoms with Crippen molar-refractivity contribution in [2.45, 2.75) is 39.2 Å². The molecule has 1 aromatic rings. The summed E-state index contributed by atoms with van der Waals surface area (Å²) >= 11 is 0. The quantitative estimate of drug-likeness (QED) is 0.631. The second-order valence-electron chi connectivity index (χ2n) is 6.56. The van der Waals surface area contributed by atoms with Crippen molar-refractivity contribution in [2.75, 3.05) is 0 Å². The van der Waals surface area contributed by atoms with Crippen molar-refractivity contribution >= 4 is 17.8 Å². The van der Waals surface area contributed by atoms with Crippen molar-refractivity contribution in [3.05, 3.63) is 24.2 Å². The number of hydrogen-bond acceptors (Lipinski definition) is 5. The number of esters is 1. The Morgan fingerprint density at radius 1 is 1.18 bits per heavy atom. The molecule has 0 unspecified atom stereocenters. The zero-order chi connectivity index (χ0) is 16.2. The Hall–Kier alpha value is -2.31. The minimum atomic E-state index is -1.25. The van der Waals surface area contributed by atoms with E-state index in [1.807, 2.05) is 20.8 Å².